The Morgan fingerprint density at radius 1 is 1.28 bits per heavy atom. The van der Waals surface area contributed by atoms with Gasteiger partial charge in [-0.05, 0) is 42.7 Å². The standard InChI is InChI=1S/C15H21F2N/c1-10-3-4-11(2)15(18,8-10)9-12-5-6-13(16)7-14(12)17/h5-7,10-11H,3-4,8-9,18H2,1-2H3. The van der Waals surface area contributed by atoms with Crippen molar-refractivity contribution < 1.29 is 8.78 Å². The Labute approximate surface area is 107 Å². The van der Waals surface area contributed by atoms with E-state index in [1.807, 2.05) is 0 Å². The summed E-state index contributed by atoms with van der Waals surface area (Å²) in [7, 11) is 0. The van der Waals surface area contributed by atoms with E-state index in [-0.39, 0.29) is 5.54 Å². The normalized spacial score (nSPS) is 32.5. The van der Waals surface area contributed by atoms with Crippen LogP contribution in [0.5, 0.6) is 0 Å². The molecule has 1 aromatic rings. The minimum Gasteiger partial charge on any atom is -0.325 e. The highest BCUT2D eigenvalue weighted by Gasteiger charge is 2.37. The molecule has 3 heteroatoms. The zero-order chi connectivity index (χ0) is 13.3. The van der Waals surface area contributed by atoms with Crippen molar-refractivity contribution in [2.45, 2.75) is 45.1 Å². The molecule has 0 radical (unpaired) electrons. The van der Waals surface area contributed by atoms with Gasteiger partial charge in [0.2, 0.25) is 0 Å². The molecule has 0 saturated heterocycles. The van der Waals surface area contributed by atoms with Crippen molar-refractivity contribution in [3.05, 3.63) is 35.4 Å². The Balaban J connectivity index is 2.20. The molecule has 3 unspecified atom stereocenters. The Morgan fingerprint density at radius 2 is 2.00 bits per heavy atom. The number of benzene rings is 1. The molecule has 0 bridgehead atoms. The van der Waals surface area contributed by atoms with E-state index in [1.165, 1.54) is 18.6 Å². The van der Waals surface area contributed by atoms with Gasteiger partial charge in [0.25, 0.3) is 0 Å². The molecular formula is C15H21F2N. The predicted octanol–water partition coefficient (Wildman–Crippen LogP) is 3.66. The molecule has 100 valence electrons. The van der Waals surface area contributed by atoms with Gasteiger partial charge in [-0.1, -0.05) is 26.3 Å². The van der Waals surface area contributed by atoms with Crippen molar-refractivity contribution in [2.24, 2.45) is 17.6 Å². The lowest BCUT2D eigenvalue weighted by Gasteiger charge is -2.42. The topological polar surface area (TPSA) is 26.0 Å². The van der Waals surface area contributed by atoms with E-state index in [1.54, 1.807) is 0 Å². The fourth-order valence-electron chi connectivity index (χ4n) is 3.04. The monoisotopic (exact) mass is 253 g/mol. The van der Waals surface area contributed by atoms with E-state index in [0.717, 1.165) is 18.9 Å². The quantitative estimate of drug-likeness (QED) is 0.855. The zero-order valence-electron chi connectivity index (χ0n) is 11.0. The van der Waals surface area contributed by atoms with Gasteiger partial charge in [-0.15, -0.1) is 0 Å². The average molecular weight is 253 g/mol. The molecule has 1 aliphatic rings. The third-order valence-electron chi connectivity index (χ3n) is 4.34. The summed E-state index contributed by atoms with van der Waals surface area (Å²) in [6.45, 7) is 4.32. The molecule has 0 heterocycles. The fourth-order valence-corrected chi connectivity index (χ4v) is 3.04. The summed E-state index contributed by atoms with van der Waals surface area (Å²) in [5, 5.41) is 0. The molecule has 1 saturated carbocycles. The van der Waals surface area contributed by atoms with E-state index in [9.17, 15) is 8.78 Å². The Morgan fingerprint density at radius 3 is 2.67 bits per heavy atom. The summed E-state index contributed by atoms with van der Waals surface area (Å²) in [5.74, 6) is -0.0644. The lowest BCUT2D eigenvalue weighted by molar-refractivity contribution is 0.160. The van der Waals surface area contributed by atoms with Gasteiger partial charge in [0, 0.05) is 11.6 Å². The summed E-state index contributed by atoms with van der Waals surface area (Å²) in [6.07, 6.45) is 3.67. The predicted molar refractivity (Wildman–Crippen MR) is 69.2 cm³/mol. The zero-order valence-corrected chi connectivity index (χ0v) is 11.0. The summed E-state index contributed by atoms with van der Waals surface area (Å²) < 4.78 is 26.6. The van der Waals surface area contributed by atoms with Crippen molar-refractivity contribution >= 4 is 0 Å². The maximum Gasteiger partial charge on any atom is 0.129 e. The Kier molecular flexibility index (Phi) is 3.71. The van der Waals surface area contributed by atoms with Crippen LogP contribution in [0.15, 0.2) is 18.2 Å². The molecule has 1 aliphatic carbocycles. The molecule has 2 N–H and O–H groups in total. The summed E-state index contributed by atoms with van der Waals surface area (Å²) in [6, 6.07) is 3.76. The highest BCUT2D eigenvalue weighted by Crippen LogP contribution is 2.37. The van der Waals surface area contributed by atoms with Gasteiger partial charge in [0.15, 0.2) is 0 Å². The van der Waals surface area contributed by atoms with E-state index in [2.05, 4.69) is 13.8 Å². The molecule has 0 amide bonds. The van der Waals surface area contributed by atoms with Crippen molar-refractivity contribution in [2.75, 3.05) is 0 Å². The molecule has 2 rings (SSSR count). The molecular weight excluding hydrogens is 232 g/mol. The van der Waals surface area contributed by atoms with Gasteiger partial charge in [0.05, 0.1) is 0 Å². The third kappa shape index (κ3) is 2.72. The summed E-state index contributed by atoms with van der Waals surface area (Å²) in [4.78, 5) is 0. The first-order valence-corrected chi connectivity index (χ1v) is 6.63. The van der Waals surface area contributed by atoms with Crippen LogP contribution < -0.4 is 5.73 Å². The SMILES string of the molecule is CC1CCC(C)C(N)(Cc2ccc(F)cc2F)C1. The van der Waals surface area contributed by atoms with Crippen LogP contribution in [0.2, 0.25) is 0 Å². The first-order chi connectivity index (χ1) is 8.40. The molecule has 1 nitrogen and oxygen atoms in total. The minimum atomic E-state index is -0.535. The second-order valence-electron chi connectivity index (χ2n) is 5.93. The molecule has 1 fully saturated rings. The van der Waals surface area contributed by atoms with Gasteiger partial charge in [0.1, 0.15) is 11.6 Å². The maximum absolute atomic E-state index is 13.7. The van der Waals surface area contributed by atoms with Gasteiger partial charge in [-0.25, -0.2) is 8.78 Å². The summed E-state index contributed by atoms with van der Waals surface area (Å²) in [5.41, 5.74) is 6.63. The van der Waals surface area contributed by atoms with Crippen LogP contribution in [0.25, 0.3) is 0 Å². The van der Waals surface area contributed by atoms with Crippen LogP contribution in [0, 0.1) is 23.5 Å². The second kappa shape index (κ2) is 4.96. The maximum atomic E-state index is 13.7. The van der Waals surface area contributed by atoms with E-state index in [4.69, 9.17) is 5.73 Å². The largest absolute Gasteiger partial charge is 0.325 e. The van der Waals surface area contributed by atoms with Gasteiger partial charge >= 0.3 is 0 Å². The lowest BCUT2D eigenvalue weighted by atomic mass is 9.68. The lowest BCUT2D eigenvalue weighted by Crippen LogP contribution is -2.51. The fraction of sp³-hybridized carbons (Fsp3) is 0.600. The van der Waals surface area contributed by atoms with Gasteiger partial charge < -0.3 is 5.73 Å². The molecule has 18 heavy (non-hydrogen) atoms. The van der Waals surface area contributed by atoms with Crippen molar-refractivity contribution in [3.8, 4) is 0 Å². The van der Waals surface area contributed by atoms with Crippen molar-refractivity contribution in [3.63, 3.8) is 0 Å². The van der Waals surface area contributed by atoms with Crippen LogP contribution >= 0.6 is 0 Å². The van der Waals surface area contributed by atoms with Crippen LogP contribution in [-0.4, -0.2) is 5.54 Å². The third-order valence-corrected chi connectivity index (χ3v) is 4.34. The highest BCUT2D eigenvalue weighted by molar-refractivity contribution is 5.21. The number of nitrogens with two attached hydrogens (primary N) is 1. The molecule has 0 aliphatic heterocycles. The Hall–Kier alpha value is -0.960. The number of rotatable bonds is 2. The van der Waals surface area contributed by atoms with E-state index >= 15 is 0 Å². The van der Waals surface area contributed by atoms with Crippen LogP contribution in [0.3, 0.4) is 0 Å². The minimum absolute atomic E-state index is 0.365. The van der Waals surface area contributed by atoms with Crippen LogP contribution in [-0.2, 0) is 6.42 Å². The summed E-state index contributed by atoms with van der Waals surface area (Å²) >= 11 is 0. The first-order valence-electron chi connectivity index (χ1n) is 6.63. The second-order valence-corrected chi connectivity index (χ2v) is 5.93. The molecule has 3 atom stereocenters. The number of halogens is 2. The molecule has 1 aromatic carbocycles. The number of hydrogen-bond acceptors (Lipinski definition) is 1. The van der Waals surface area contributed by atoms with Gasteiger partial charge in [-0.3, -0.25) is 0 Å². The molecule has 0 spiro atoms. The Bertz CT molecular complexity index is 433. The first kappa shape index (κ1) is 13.5. The van der Waals surface area contributed by atoms with Crippen molar-refractivity contribution in [1.29, 1.82) is 0 Å². The average Bonchev–Trinajstić information content (AvgIpc) is 2.28. The van der Waals surface area contributed by atoms with Crippen molar-refractivity contribution in [1.82, 2.24) is 0 Å². The van der Waals surface area contributed by atoms with Crippen LogP contribution in [0.1, 0.15) is 38.7 Å². The smallest absolute Gasteiger partial charge is 0.129 e. The van der Waals surface area contributed by atoms with Gasteiger partial charge in [-0.2, -0.15) is 0 Å². The molecule has 0 aromatic heterocycles. The highest BCUT2D eigenvalue weighted by atomic mass is 19.1. The van der Waals surface area contributed by atoms with E-state index in [0.29, 0.717) is 23.8 Å². The number of hydrogen-bond donors (Lipinski definition) is 1. The van der Waals surface area contributed by atoms with E-state index < -0.39 is 11.6 Å². The van der Waals surface area contributed by atoms with Crippen LogP contribution in [0.4, 0.5) is 8.78 Å².